The fraction of sp³-hybridized carbons (Fsp3) is 0.250. The van der Waals surface area contributed by atoms with E-state index in [0.29, 0.717) is 16.6 Å². The summed E-state index contributed by atoms with van der Waals surface area (Å²) in [5.74, 6) is -0.639. The Bertz CT molecular complexity index is 906. The van der Waals surface area contributed by atoms with E-state index in [1.165, 1.54) is 18.2 Å². The molecule has 0 bridgehead atoms. The van der Waals surface area contributed by atoms with Gasteiger partial charge in [-0.05, 0) is 23.8 Å². The van der Waals surface area contributed by atoms with Crippen molar-refractivity contribution in [3.8, 4) is 0 Å². The summed E-state index contributed by atoms with van der Waals surface area (Å²) in [7, 11) is -3.88. The van der Waals surface area contributed by atoms with E-state index in [9.17, 15) is 39.9 Å². The lowest BCUT2D eigenvalue weighted by Crippen LogP contribution is -2.53. The van der Waals surface area contributed by atoms with Crippen molar-refractivity contribution in [1.82, 2.24) is 0 Å². The molecule has 3 nitrogen and oxygen atoms in total. The molecule has 0 saturated carbocycles. The highest BCUT2D eigenvalue weighted by Crippen LogP contribution is 2.49. The van der Waals surface area contributed by atoms with Crippen LogP contribution in [0.3, 0.4) is 0 Å². The third-order valence-electron chi connectivity index (χ3n) is 3.70. The van der Waals surface area contributed by atoms with Crippen LogP contribution < -0.4 is 0 Å². The molecule has 11 heteroatoms. The number of halogens is 7. The number of benzene rings is 2. The zero-order valence-corrected chi connectivity index (χ0v) is 15.5. The zero-order valence-electron chi connectivity index (χ0n) is 13.1. The van der Waals surface area contributed by atoms with Gasteiger partial charge < -0.3 is 5.11 Å². The third-order valence-corrected chi connectivity index (χ3v) is 5.88. The first kappa shape index (κ1) is 21.7. The standard InChI is InChI=1S/C16H11BrF6O3S/c17-12-2-1-3-13(8-12)27(25,26)9-10-4-6-11(7-5-10)14(24,15(18,19)20)16(21,22)23/h1-8,24H,9H2. The SMILES string of the molecule is O=S(=O)(Cc1ccc(C(O)(C(F)(F)F)C(F)(F)F)cc1)c1cccc(Br)c1. The fourth-order valence-corrected chi connectivity index (χ4v) is 4.23. The molecule has 0 heterocycles. The Kier molecular flexibility index (Phi) is 5.71. The normalized spacial score (nSPS) is 13.6. The molecule has 0 saturated heterocycles. The molecule has 0 radical (unpaired) electrons. The van der Waals surface area contributed by atoms with Crippen LogP contribution in [0.2, 0.25) is 0 Å². The van der Waals surface area contributed by atoms with Gasteiger partial charge in [0.2, 0.25) is 0 Å². The summed E-state index contributed by atoms with van der Waals surface area (Å²) in [6.07, 6.45) is -12.0. The average molecular weight is 477 g/mol. The summed E-state index contributed by atoms with van der Waals surface area (Å²) >= 11 is 3.10. The van der Waals surface area contributed by atoms with Crippen molar-refractivity contribution in [1.29, 1.82) is 0 Å². The first-order valence-corrected chi connectivity index (χ1v) is 9.56. The molecule has 0 amide bonds. The largest absolute Gasteiger partial charge is 0.430 e. The number of hydrogen-bond donors (Lipinski definition) is 1. The molecule has 2 aromatic rings. The van der Waals surface area contributed by atoms with E-state index in [1.54, 1.807) is 6.07 Å². The maximum atomic E-state index is 12.8. The molecule has 0 fully saturated rings. The van der Waals surface area contributed by atoms with Crippen LogP contribution in [-0.4, -0.2) is 25.9 Å². The van der Waals surface area contributed by atoms with Crippen LogP contribution >= 0.6 is 15.9 Å². The van der Waals surface area contributed by atoms with Crippen molar-refractivity contribution < 1.29 is 39.9 Å². The van der Waals surface area contributed by atoms with Gasteiger partial charge in [0.25, 0.3) is 5.60 Å². The Hall–Kier alpha value is -1.59. The molecule has 0 aliphatic rings. The first-order valence-electron chi connectivity index (χ1n) is 7.12. The van der Waals surface area contributed by atoms with E-state index in [1.807, 2.05) is 0 Å². The summed E-state index contributed by atoms with van der Waals surface area (Å²) in [5, 5.41) is 9.31. The van der Waals surface area contributed by atoms with Gasteiger partial charge in [0, 0.05) is 10.0 Å². The predicted octanol–water partition coefficient (Wildman–Crippen LogP) is 4.74. The highest BCUT2D eigenvalue weighted by atomic mass is 79.9. The predicted molar refractivity (Wildman–Crippen MR) is 87.5 cm³/mol. The molecule has 0 atom stereocenters. The second-order valence-corrected chi connectivity index (χ2v) is 8.52. The Morgan fingerprint density at radius 3 is 1.85 bits per heavy atom. The van der Waals surface area contributed by atoms with Gasteiger partial charge in [-0.3, -0.25) is 0 Å². The summed E-state index contributed by atoms with van der Waals surface area (Å²) in [6.45, 7) is 0. The average Bonchev–Trinajstić information content (AvgIpc) is 2.52. The molecule has 0 aliphatic carbocycles. The lowest BCUT2D eigenvalue weighted by molar-refractivity contribution is -0.376. The molecular weight excluding hydrogens is 466 g/mol. The van der Waals surface area contributed by atoms with E-state index >= 15 is 0 Å². The molecular formula is C16H11BrF6O3S. The van der Waals surface area contributed by atoms with Gasteiger partial charge in [-0.1, -0.05) is 46.3 Å². The molecule has 0 unspecified atom stereocenters. The van der Waals surface area contributed by atoms with Gasteiger partial charge in [0.15, 0.2) is 9.84 Å². The minimum atomic E-state index is -6.00. The van der Waals surface area contributed by atoms with E-state index < -0.39 is 39.1 Å². The van der Waals surface area contributed by atoms with Crippen LogP contribution in [0.25, 0.3) is 0 Å². The molecule has 0 aromatic heterocycles. The number of alkyl halides is 6. The van der Waals surface area contributed by atoms with E-state index in [0.717, 1.165) is 12.1 Å². The maximum absolute atomic E-state index is 12.8. The maximum Gasteiger partial charge on any atom is 0.430 e. The van der Waals surface area contributed by atoms with E-state index in [-0.39, 0.29) is 10.5 Å². The Labute approximate surface area is 158 Å². The van der Waals surface area contributed by atoms with Gasteiger partial charge in [-0.2, -0.15) is 26.3 Å². The van der Waals surface area contributed by atoms with E-state index in [4.69, 9.17) is 0 Å². The topological polar surface area (TPSA) is 54.4 Å². The zero-order chi connectivity index (χ0) is 20.7. The third kappa shape index (κ3) is 4.30. The van der Waals surface area contributed by atoms with Gasteiger partial charge in [-0.15, -0.1) is 0 Å². The molecule has 0 aliphatic heterocycles. The highest BCUT2D eigenvalue weighted by Gasteiger charge is 2.71. The monoisotopic (exact) mass is 476 g/mol. The van der Waals surface area contributed by atoms with Crippen LogP contribution in [0.1, 0.15) is 11.1 Å². The number of sulfone groups is 1. The summed E-state index contributed by atoms with van der Waals surface area (Å²) in [5.41, 5.74) is -6.54. The van der Waals surface area contributed by atoms with Gasteiger partial charge in [-0.25, -0.2) is 8.42 Å². The van der Waals surface area contributed by atoms with Crippen molar-refractivity contribution in [2.24, 2.45) is 0 Å². The lowest BCUT2D eigenvalue weighted by Gasteiger charge is -2.32. The fourth-order valence-electron chi connectivity index (χ4n) is 2.29. The molecule has 2 rings (SSSR count). The first-order chi connectivity index (χ1) is 12.2. The minimum absolute atomic E-state index is 0.0366. The van der Waals surface area contributed by atoms with Crippen molar-refractivity contribution >= 4 is 25.8 Å². The van der Waals surface area contributed by atoms with Crippen LogP contribution in [0.5, 0.6) is 0 Å². The summed E-state index contributed by atoms with van der Waals surface area (Å²) in [4.78, 5) is -0.0666. The smallest absolute Gasteiger partial charge is 0.369 e. The Morgan fingerprint density at radius 2 is 1.41 bits per heavy atom. The quantitative estimate of drug-likeness (QED) is 0.648. The van der Waals surface area contributed by atoms with Crippen LogP contribution in [0.4, 0.5) is 26.3 Å². The highest BCUT2D eigenvalue weighted by molar-refractivity contribution is 9.10. The number of hydrogen-bond acceptors (Lipinski definition) is 3. The Balaban J connectivity index is 2.37. The van der Waals surface area contributed by atoms with Crippen molar-refractivity contribution in [3.05, 3.63) is 64.1 Å². The molecule has 148 valence electrons. The van der Waals surface area contributed by atoms with Gasteiger partial charge in [0.1, 0.15) is 0 Å². The van der Waals surface area contributed by atoms with Crippen molar-refractivity contribution in [2.45, 2.75) is 28.6 Å². The number of aliphatic hydroxyl groups is 1. The summed E-state index contributed by atoms with van der Waals surface area (Å²) < 4.78 is 102. The van der Waals surface area contributed by atoms with Gasteiger partial charge >= 0.3 is 12.4 Å². The van der Waals surface area contributed by atoms with Gasteiger partial charge in [0.05, 0.1) is 10.6 Å². The van der Waals surface area contributed by atoms with E-state index in [2.05, 4.69) is 15.9 Å². The van der Waals surface area contributed by atoms with Crippen molar-refractivity contribution in [2.75, 3.05) is 0 Å². The molecule has 0 spiro atoms. The van der Waals surface area contributed by atoms with Crippen molar-refractivity contribution in [3.63, 3.8) is 0 Å². The lowest BCUT2D eigenvalue weighted by atomic mass is 9.92. The molecule has 1 N–H and O–H groups in total. The minimum Gasteiger partial charge on any atom is -0.369 e. The van der Waals surface area contributed by atoms with Crippen LogP contribution in [0, 0.1) is 0 Å². The van der Waals surface area contributed by atoms with Crippen LogP contribution in [-0.2, 0) is 21.2 Å². The second-order valence-electron chi connectivity index (χ2n) is 5.62. The molecule has 2 aromatic carbocycles. The Morgan fingerprint density at radius 1 is 0.889 bits per heavy atom. The number of rotatable bonds is 4. The molecule has 27 heavy (non-hydrogen) atoms. The second kappa shape index (κ2) is 7.10. The van der Waals surface area contributed by atoms with Crippen LogP contribution in [0.15, 0.2) is 57.9 Å². The summed E-state index contributed by atoms with van der Waals surface area (Å²) in [6, 6.07) is 8.09.